The van der Waals surface area contributed by atoms with Gasteiger partial charge in [-0.05, 0) is 42.0 Å². The van der Waals surface area contributed by atoms with Gasteiger partial charge >= 0.3 is 5.97 Å². The fourth-order valence-electron chi connectivity index (χ4n) is 3.93. The lowest BCUT2D eigenvalue weighted by atomic mass is 9.58. The van der Waals surface area contributed by atoms with E-state index >= 15 is 0 Å². The van der Waals surface area contributed by atoms with E-state index in [2.05, 4.69) is 25.1 Å². The highest BCUT2D eigenvalue weighted by atomic mass is 16.5. The first-order valence-corrected chi connectivity index (χ1v) is 7.53. The normalized spacial score (nSPS) is 27.0. The molecule has 0 heterocycles. The summed E-state index contributed by atoms with van der Waals surface area (Å²) in [6.45, 7) is 2.19. The number of ether oxygens (including phenoxy) is 1. The molecular weight excluding hydrogens is 264 g/mol. The van der Waals surface area contributed by atoms with Crippen molar-refractivity contribution in [3.63, 3.8) is 0 Å². The average Bonchev–Trinajstić information content (AvgIpc) is 2.53. The highest BCUT2D eigenvalue weighted by Gasteiger charge is 2.44. The van der Waals surface area contributed by atoms with Crippen LogP contribution in [-0.2, 0) is 14.9 Å². The third-order valence-corrected chi connectivity index (χ3v) is 5.16. The van der Waals surface area contributed by atoms with Gasteiger partial charge in [-0.3, -0.25) is 4.79 Å². The molecule has 0 unspecified atom stereocenters. The number of hydrogen-bond acceptors (Lipinski definition) is 3. The van der Waals surface area contributed by atoms with Crippen molar-refractivity contribution in [3.05, 3.63) is 41.0 Å². The van der Waals surface area contributed by atoms with Crippen LogP contribution in [0.2, 0.25) is 0 Å². The van der Waals surface area contributed by atoms with Gasteiger partial charge in [0.1, 0.15) is 5.78 Å². The van der Waals surface area contributed by atoms with Gasteiger partial charge in [-0.2, -0.15) is 0 Å². The van der Waals surface area contributed by atoms with Crippen LogP contribution in [0, 0.1) is 5.92 Å². The van der Waals surface area contributed by atoms with Gasteiger partial charge in [0.25, 0.3) is 0 Å². The number of Topliss-reactive ketones (excluding diaryl/α,β-unsaturated/α-hetero) is 1. The molecule has 0 radical (unpaired) electrons. The van der Waals surface area contributed by atoms with Crippen LogP contribution >= 0.6 is 0 Å². The van der Waals surface area contributed by atoms with Crippen LogP contribution in [0.1, 0.15) is 54.1 Å². The number of carbonyl (C=O) groups is 2. The molecule has 0 N–H and O–H groups in total. The fourth-order valence-corrected chi connectivity index (χ4v) is 3.93. The molecule has 3 nitrogen and oxygen atoms in total. The van der Waals surface area contributed by atoms with Crippen LogP contribution in [0.5, 0.6) is 0 Å². The molecule has 1 aromatic carbocycles. The van der Waals surface area contributed by atoms with E-state index in [4.69, 9.17) is 4.74 Å². The molecule has 110 valence electrons. The largest absolute Gasteiger partial charge is 0.465 e. The predicted octanol–water partition coefficient (Wildman–Crippen LogP) is 3.52. The van der Waals surface area contributed by atoms with Crippen molar-refractivity contribution in [2.75, 3.05) is 7.11 Å². The van der Waals surface area contributed by atoms with E-state index in [-0.39, 0.29) is 11.4 Å². The van der Waals surface area contributed by atoms with Crippen molar-refractivity contribution in [2.45, 2.75) is 38.0 Å². The van der Waals surface area contributed by atoms with Crippen LogP contribution in [-0.4, -0.2) is 18.9 Å². The molecule has 0 bridgehead atoms. The summed E-state index contributed by atoms with van der Waals surface area (Å²) in [5.41, 5.74) is 2.99. The van der Waals surface area contributed by atoms with Gasteiger partial charge in [-0.15, -0.1) is 0 Å². The van der Waals surface area contributed by atoms with Gasteiger partial charge in [-0.25, -0.2) is 4.79 Å². The van der Waals surface area contributed by atoms with Crippen molar-refractivity contribution in [1.29, 1.82) is 0 Å². The van der Waals surface area contributed by atoms with Gasteiger partial charge in [-0.1, -0.05) is 25.1 Å². The number of benzene rings is 1. The Bertz CT molecular complexity index is 629. The second kappa shape index (κ2) is 5.14. The van der Waals surface area contributed by atoms with Gasteiger partial charge in [0.15, 0.2) is 0 Å². The SMILES string of the molecule is CC[C@@]12CCC(=O)C[C@@H]1C=Cc1cc(C(=O)OC)ccc12. The maximum Gasteiger partial charge on any atom is 0.337 e. The van der Waals surface area contributed by atoms with Crippen molar-refractivity contribution < 1.29 is 14.3 Å². The second-order valence-electron chi connectivity index (χ2n) is 6.01. The number of ketones is 1. The van der Waals surface area contributed by atoms with Crippen molar-refractivity contribution >= 4 is 17.8 Å². The highest BCUT2D eigenvalue weighted by Crippen LogP contribution is 2.50. The van der Waals surface area contributed by atoms with E-state index in [1.807, 2.05) is 12.1 Å². The molecule has 0 amide bonds. The third kappa shape index (κ3) is 2.11. The molecule has 0 aromatic heterocycles. The molecule has 2 aliphatic carbocycles. The maximum atomic E-state index is 11.8. The van der Waals surface area contributed by atoms with Crippen molar-refractivity contribution in [3.8, 4) is 0 Å². The van der Waals surface area contributed by atoms with Gasteiger partial charge in [0.05, 0.1) is 12.7 Å². The second-order valence-corrected chi connectivity index (χ2v) is 6.01. The van der Waals surface area contributed by atoms with Crippen molar-refractivity contribution in [2.24, 2.45) is 5.92 Å². The van der Waals surface area contributed by atoms with E-state index < -0.39 is 0 Å². The van der Waals surface area contributed by atoms with E-state index in [9.17, 15) is 9.59 Å². The van der Waals surface area contributed by atoms with E-state index in [1.165, 1.54) is 12.7 Å². The topological polar surface area (TPSA) is 43.4 Å². The molecule has 0 saturated heterocycles. The van der Waals surface area contributed by atoms with Crippen LogP contribution < -0.4 is 0 Å². The Morgan fingerprint density at radius 2 is 2.24 bits per heavy atom. The zero-order valence-electron chi connectivity index (χ0n) is 12.5. The molecule has 1 fully saturated rings. The molecule has 0 aliphatic heterocycles. The first-order valence-electron chi connectivity index (χ1n) is 7.53. The maximum absolute atomic E-state index is 11.8. The Labute approximate surface area is 125 Å². The summed E-state index contributed by atoms with van der Waals surface area (Å²) in [5, 5.41) is 0. The first-order chi connectivity index (χ1) is 10.1. The van der Waals surface area contributed by atoms with Gasteiger partial charge < -0.3 is 4.74 Å². The third-order valence-electron chi connectivity index (χ3n) is 5.16. The molecule has 21 heavy (non-hydrogen) atoms. The summed E-state index contributed by atoms with van der Waals surface area (Å²) in [6.07, 6.45) is 7.43. The first kappa shape index (κ1) is 14.1. The zero-order chi connectivity index (χ0) is 15.0. The molecular formula is C18H20O3. The lowest BCUT2D eigenvalue weighted by Crippen LogP contribution is -2.41. The fraction of sp³-hybridized carbons (Fsp3) is 0.444. The van der Waals surface area contributed by atoms with Crippen molar-refractivity contribution in [1.82, 2.24) is 0 Å². The van der Waals surface area contributed by atoms with E-state index in [1.54, 1.807) is 0 Å². The van der Waals surface area contributed by atoms with E-state index in [0.717, 1.165) is 18.4 Å². The summed E-state index contributed by atoms with van der Waals surface area (Å²) < 4.78 is 4.79. The van der Waals surface area contributed by atoms with Gasteiger partial charge in [0.2, 0.25) is 0 Å². The van der Waals surface area contributed by atoms with Crippen LogP contribution in [0.4, 0.5) is 0 Å². The Balaban J connectivity index is 2.08. The number of fused-ring (bicyclic) bond motifs is 3. The summed E-state index contributed by atoms with van der Waals surface area (Å²) in [7, 11) is 1.40. The number of allylic oxidation sites excluding steroid dienone is 1. The molecule has 3 heteroatoms. The number of methoxy groups -OCH3 is 1. The van der Waals surface area contributed by atoms with Gasteiger partial charge in [0, 0.05) is 18.3 Å². The number of hydrogen-bond donors (Lipinski definition) is 0. The van der Waals surface area contributed by atoms with Crippen LogP contribution in [0.15, 0.2) is 24.3 Å². The minimum atomic E-state index is -0.308. The average molecular weight is 284 g/mol. The Kier molecular flexibility index (Phi) is 3.44. The molecule has 1 saturated carbocycles. The smallest absolute Gasteiger partial charge is 0.337 e. The predicted molar refractivity (Wildman–Crippen MR) is 81.1 cm³/mol. The number of carbonyl (C=O) groups excluding carboxylic acids is 2. The lowest BCUT2D eigenvalue weighted by Gasteiger charge is -2.45. The highest BCUT2D eigenvalue weighted by molar-refractivity contribution is 5.90. The van der Waals surface area contributed by atoms with E-state index in [0.29, 0.717) is 30.1 Å². The van der Waals surface area contributed by atoms with Crippen LogP contribution in [0.3, 0.4) is 0 Å². The summed E-state index contributed by atoms with van der Waals surface area (Å²) in [5.74, 6) is 0.348. The molecule has 1 aromatic rings. The summed E-state index contributed by atoms with van der Waals surface area (Å²) in [4.78, 5) is 23.5. The Morgan fingerprint density at radius 3 is 2.95 bits per heavy atom. The Hall–Kier alpha value is -1.90. The zero-order valence-corrected chi connectivity index (χ0v) is 12.5. The Morgan fingerprint density at radius 1 is 1.43 bits per heavy atom. The number of rotatable bonds is 2. The molecule has 0 spiro atoms. The van der Waals surface area contributed by atoms with Crippen LogP contribution in [0.25, 0.3) is 6.08 Å². The minimum absolute atomic E-state index is 0.0483. The summed E-state index contributed by atoms with van der Waals surface area (Å²) >= 11 is 0. The minimum Gasteiger partial charge on any atom is -0.465 e. The summed E-state index contributed by atoms with van der Waals surface area (Å²) in [6, 6.07) is 5.80. The standard InChI is InChI=1S/C18H20O3/c1-3-18-9-8-15(19)11-14(18)6-4-12-10-13(17(20)21-2)5-7-16(12)18/h4-7,10,14H,3,8-9,11H2,1-2H3/t14-,18+/m0/s1. The monoisotopic (exact) mass is 284 g/mol. The number of esters is 1. The molecule has 2 atom stereocenters. The molecule has 2 aliphatic rings. The molecule has 3 rings (SSSR count). The quantitative estimate of drug-likeness (QED) is 0.780. The lowest BCUT2D eigenvalue weighted by molar-refractivity contribution is -0.122.